The number of nitrogens with two attached hydrogens (primary N) is 1. The largest absolute Gasteiger partial charge is 0.399 e. The Balaban J connectivity index is 2.23. The lowest BCUT2D eigenvalue weighted by molar-refractivity contribution is 1.48. The van der Waals surface area contributed by atoms with Crippen LogP contribution >= 0.6 is 0 Å². The van der Waals surface area contributed by atoms with Crippen LogP contribution in [0.5, 0.6) is 0 Å². The van der Waals surface area contributed by atoms with Crippen molar-refractivity contribution in [2.24, 2.45) is 0 Å². The van der Waals surface area contributed by atoms with Crippen LogP contribution in [0.4, 0.5) is 5.69 Å². The Morgan fingerprint density at radius 1 is 0.941 bits per heavy atom. The minimum absolute atomic E-state index is 0.666. The Morgan fingerprint density at radius 2 is 1.59 bits per heavy atom. The van der Waals surface area contributed by atoms with Crippen LogP contribution < -0.4 is 5.73 Å². The Bertz CT molecular complexity index is 592. The monoisotopic (exact) mass is 220 g/mol. The summed E-state index contributed by atoms with van der Waals surface area (Å²) in [6.07, 6.45) is 3.95. The van der Waals surface area contributed by atoms with Crippen LogP contribution in [0.2, 0.25) is 0 Å². The van der Waals surface area contributed by atoms with Crippen molar-refractivity contribution < 1.29 is 0 Å². The molecule has 2 heteroatoms. The predicted molar refractivity (Wildman–Crippen MR) is 70.9 cm³/mol. The molecule has 0 amide bonds. The van der Waals surface area contributed by atoms with E-state index < -0.39 is 0 Å². The molecule has 0 saturated carbocycles. The molecule has 17 heavy (non-hydrogen) atoms. The molecule has 2 aromatic rings. The average molecular weight is 220 g/mol. The molecule has 0 aliphatic rings. The Morgan fingerprint density at radius 3 is 2.24 bits per heavy atom. The van der Waals surface area contributed by atoms with Crippen molar-refractivity contribution in [3.8, 4) is 6.07 Å². The summed E-state index contributed by atoms with van der Waals surface area (Å²) in [7, 11) is 0. The topological polar surface area (TPSA) is 49.8 Å². The Labute approximate surface area is 101 Å². The van der Waals surface area contributed by atoms with Crippen molar-refractivity contribution in [2.75, 3.05) is 5.73 Å². The minimum Gasteiger partial charge on any atom is -0.399 e. The molecule has 0 unspecified atom stereocenters. The molecule has 0 heterocycles. The average Bonchev–Trinajstić information content (AvgIpc) is 2.37. The van der Waals surface area contributed by atoms with Crippen LogP contribution in [-0.2, 0) is 0 Å². The molecule has 0 atom stereocenters. The summed E-state index contributed by atoms with van der Waals surface area (Å²) in [4.78, 5) is 0. The fraction of sp³-hybridized carbons (Fsp3) is 0. The fourth-order valence-electron chi connectivity index (χ4n) is 1.57. The van der Waals surface area contributed by atoms with Gasteiger partial charge in [-0.15, -0.1) is 0 Å². The SMILES string of the molecule is N#Cc1cccc(/C=C/c2cccc(N)c2)c1. The van der Waals surface area contributed by atoms with E-state index in [9.17, 15) is 0 Å². The molecule has 0 aromatic heterocycles. The zero-order chi connectivity index (χ0) is 12.1. The van der Waals surface area contributed by atoms with Crippen molar-refractivity contribution >= 4 is 17.8 Å². The summed E-state index contributed by atoms with van der Waals surface area (Å²) in [5.41, 5.74) is 9.17. The first-order chi connectivity index (χ1) is 8.28. The maximum absolute atomic E-state index is 8.79. The molecule has 2 nitrogen and oxygen atoms in total. The summed E-state index contributed by atoms with van der Waals surface area (Å²) in [5.74, 6) is 0. The van der Waals surface area contributed by atoms with Crippen LogP contribution in [0.1, 0.15) is 16.7 Å². The number of nitrogens with zero attached hydrogens (tertiary/aromatic N) is 1. The third kappa shape index (κ3) is 2.96. The van der Waals surface area contributed by atoms with Gasteiger partial charge in [-0.3, -0.25) is 0 Å². The first kappa shape index (κ1) is 11.0. The number of nitriles is 1. The van der Waals surface area contributed by atoms with Crippen LogP contribution in [0.3, 0.4) is 0 Å². The van der Waals surface area contributed by atoms with Crippen molar-refractivity contribution in [1.29, 1.82) is 5.26 Å². The first-order valence-electron chi connectivity index (χ1n) is 5.32. The zero-order valence-corrected chi connectivity index (χ0v) is 9.30. The molecule has 0 fully saturated rings. The molecule has 0 radical (unpaired) electrons. The molecule has 0 aliphatic carbocycles. The number of benzene rings is 2. The van der Waals surface area contributed by atoms with Gasteiger partial charge >= 0.3 is 0 Å². The second kappa shape index (κ2) is 5.00. The van der Waals surface area contributed by atoms with Gasteiger partial charge in [0.05, 0.1) is 11.6 Å². The van der Waals surface area contributed by atoms with Gasteiger partial charge in [0.25, 0.3) is 0 Å². The number of nitrogen functional groups attached to an aromatic ring is 1. The zero-order valence-electron chi connectivity index (χ0n) is 9.30. The van der Waals surface area contributed by atoms with E-state index in [0.717, 1.165) is 16.8 Å². The second-order valence-corrected chi connectivity index (χ2v) is 3.74. The number of anilines is 1. The van der Waals surface area contributed by atoms with Crippen LogP contribution in [-0.4, -0.2) is 0 Å². The highest BCUT2D eigenvalue weighted by atomic mass is 14.5. The normalized spacial score (nSPS) is 10.3. The van der Waals surface area contributed by atoms with Crippen molar-refractivity contribution in [3.63, 3.8) is 0 Å². The summed E-state index contributed by atoms with van der Waals surface area (Å²) < 4.78 is 0. The summed E-state index contributed by atoms with van der Waals surface area (Å²) in [5, 5.41) is 8.79. The van der Waals surface area contributed by atoms with E-state index >= 15 is 0 Å². The molecule has 0 saturated heterocycles. The van der Waals surface area contributed by atoms with Crippen molar-refractivity contribution in [1.82, 2.24) is 0 Å². The fourth-order valence-corrected chi connectivity index (χ4v) is 1.57. The summed E-state index contributed by atoms with van der Waals surface area (Å²) in [6.45, 7) is 0. The lowest BCUT2D eigenvalue weighted by atomic mass is 10.1. The van der Waals surface area contributed by atoms with E-state index in [1.807, 2.05) is 54.6 Å². The quantitative estimate of drug-likeness (QED) is 0.623. The molecule has 2 rings (SSSR count). The third-order valence-corrected chi connectivity index (χ3v) is 2.39. The van der Waals surface area contributed by atoms with Gasteiger partial charge in [0.2, 0.25) is 0 Å². The molecule has 0 spiro atoms. The molecule has 0 aliphatic heterocycles. The molecular weight excluding hydrogens is 208 g/mol. The highest BCUT2D eigenvalue weighted by Gasteiger charge is 1.92. The van der Waals surface area contributed by atoms with Gasteiger partial charge in [-0.2, -0.15) is 5.26 Å². The molecule has 82 valence electrons. The Kier molecular flexibility index (Phi) is 3.23. The van der Waals surface area contributed by atoms with E-state index in [4.69, 9.17) is 11.0 Å². The van der Waals surface area contributed by atoms with Crippen LogP contribution in [0.25, 0.3) is 12.2 Å². The maximum Gasteiger partial charge on any atom is 0.0991 e. The Hall–Kier alpha value is -2.53. The minimum atomic E-state index is 0.666. The number of rotatable bonds is 2. The third-order valence-electron chi connectivity index (χ3n) is 2.39. The van der Waals surface area contributed by atoms with Gasteiger partial charge < -0.3 is 5.73 Å². The standard InChI is InChI=1S/C15H12N2/c16-11-14-5-1-3-12(9-14)7-8-13-4-2-6-15(17)10-13/h1-10H,17H2/b8-7+. The van der Waals surface area contributed by atoms with Crippen molar-refractivity contribution in [3.05, 3.63) is 65.2 Å². The van der Waals surface area contributed by atoms with Crippen molar-refractivity contribution in [2.45, 2.75) is 0 Å². The number of hydrogen-bond acceptors (Lipinski definition) is 2. The predicted octanol–water partition coefficient (Wildman–Crippen LogP) is 3.31. The maximum atomic E-state index is 8.79. The van der Waals surface area contributed by atoms with Gasteiger partial charge in [-0.05, 0) is 35.4 Å². The molecular formula is C15H12N2. The summed E-state index contributed by atoms with van der Waals surface area (Å²) >= 11 is 0. The van der Waals surface area contributed by atoms with Gasteiger partial charge in [0, 0.05) is 5.69 Å². The van der Waals surface area contributed by atoms with Gasteiger partial charge in [-0.1, -0.05) is 36.4 Å². The lowest BCUT2D eigenvalue weighted by Gasteiger charge is -1.96. The van der Waals surface area contributed by atoms with Gasteiger partial charge in [-0.25, -0.2) is 0 Å². The smallest absolute Gasteiger partial charge is 0.0991 e. The second-order valence-electron chi connectivity index (χ2n) is 3.74. The van der Waals surface area contributed by atoms with E-state index in [1.165, 1.54) is 0 Å². The molecule has 2 aromatic carbocycles. The van der Waals surface area contributed by atoms with E-state index in [0.29, 0.717) is 5.56 Å². The van der Waals surface area contributed by atoms with Crippen LogP contribution in [0.15, 0.2) is 48.5 Å². The van der Waals surface area contributed by atoms with Gasteiger partial charge in [0.15, 0.2) is 0 Å². The van der Waals surface area contributed by atoms with Gasteiger partial charge in [0.1, 0.15) is 0 Å². The summed E-state index contributed by atoms with van der Waals surface area (Å²) in [6, 6.07) is 17.3. The molecule has 2 N–H and O–H groups in total. The number of hydrogen-bond donors (Lipinski definition) is 1. The first-order valence-corrected chi connectivity index (χ1v) is 5.32. The lowest BCUT2D eigenvalue weighted by Crippen LogP contribution is -1.83. The van der Waals surface area contributed by atoms with Crippen LogP contribution in [0, 0.1) is 11.3 Å². The van der Waals surface area contributed by atoms with E-state index in [2.05, 4.69) is 6.07 Å². The highest BCUT2D eigenvalue weighted by Crippen LogP contribution is 2.12. The molecule has 0 bridgehead atoms. The van der Waals surface area contributed by atoms with E-state index in [-0.39, 0.29) is 0 Å². The van der Waals surface area contributed by atoms with E-state index in [1.54, 1.807) is 6.07 Å². The highest BCUT2D eigenvalue weighted by molar-refractivity contribution is 5.71.